The van der Waals surface area contributed by atoms with Gasteiger partial charge in [0.15, 0.2) is 0 Å². The largest absolute Gasteiger partial charge is 0.489 e. The maximum Gasteiger partial charge on any atom is 0.338 e. The van der Waals surface area contributed by atoms with Gasteiger partial charge in [-0.1, -0.05) is 19.1 Å². The van der Waals surface area contributed by atoms with Crippen molar-refractivity contribution >= 4 is 12.3 Å². The SMILES string of the molecule is CCCOC(=O)c1cccc(COc2ccc(C=O)cc2)c1. The van der Waals surface area contributed by atoms with E-state index in [0.717, 1.165) is 18.3 Å². The lowest BCUT2D eigenvalue weighted by atomic mass is 10.1. The number of carbonyl (C=O) groups excluding carboxylic acids is 2. The molecule has 0 aromatic heterocycles. The van der Waals surface area contributed by atoms with Crippen LogP contribution in [0.2, 0.25) is 0 Å². The van der Waals surface area contributed by atoms with Crippen molar-refractivity contribution in [2.75, 3.05) is 6.61 Å². The van der Waals surface area contributed by atoms with Crippen LogP contribution in [0.5, 0.6) is 5.75 Å². The first kappa shape index (κ1) is 15.8. The normalized spacial score (nSPS) is 10.0. The summed E-state index contributed by atoms with van der Waals surface area (Å²) in [6.45, 7) is 2.71. The van der Waals surface area contributed by atoms with Crippen LogP contribution in [0.4, 0.5) is 0 Å². The van der Waals surface area contributed by atoms with Crippen LogP contribution < -0.4 is 4.74 Å². The Morgan fingerprint density at radius 1 is 1.14 bits per heavy atom. The van der Waals surface area contributed by atoms with Crippen LogP contribution in [0.3, 0.4) is 0 Å². The Kier molecular flexibility index (Phi) is 5.72. The molecule has 0 atom stereocenters. The number of rotatable bonds is 7. The first-order valence-corrected chi connectivity index (χ1v) is 7.17. The smallest absolute Gasteiger partial charge is 0.338 e. The number of esters is 1. The van der Waals surface area contributed by atoms with Gasteiger partial charge in [-0.15, -0.1) is 0 Å². The van der Waals surface area contributed by atoms with Crippen molar-refractivity contribution in [3.05, 3.63) is 65.2 Å². The highest BCUT2D eigenvalue weighted by atomic mass is 16.5. The molecular weight excluding hydrogens is 280 g/mol. The summed E-state index contributed by atoms with van der Waals surface area (Å²) >= 11 is 0. The summed E-state index contributed by atoms with van der Waals surface area (Å²) in [5, 5.41) is 0. The van der Waals surface area contributed by atoms with Gasteiger partial charge >= 0.3 is 5.97 Å². The van der Waals surface area contributed by atoms with Gasteiger partial charge in [0.05, 0.1) is 12.2 Å². The van der Waals surface area contributed by atoms with E-state index >= 15 is 0 Å². The molecule has 2 aromatic rings. The van der Waals surface area contributed by atoms with Crippen molar-refractivity contribution in [3.63, 3.8) is 0 Å². The van der Waals surface area contributed by atoms with Crippen molar-refractivity contribution in [1.29, 1.82) is 0 Å². The molecule has 0 aliphatic rings. The standard InChI is InChI=1S/C18H18O4/c1-2-10-21-18(20)16-5-3-4-15(11-16)13-22-17-8-6-14(12-19)7-9-17/h3-9,11-12H,2,10,13H2,1H3. The summed E-state index contributed by atoms with van der Waals surface area (Å²) in [6.07, 6.45) is 1.58. The van der Waals surface area contributed by atoms with E-state index in [1.807, 2.05) is 13.0 Å². The topological polar surface area (TPSA) is 52.6 Å². The van der Waals surface area contributed by atoms with Crippen molar-refractivity contribution in [2.45, 2.75) is 20.0 Å². The predicted molar refractivity (Wildman–Crippen MR) is 83.2 cm³/mol. The lowest BCUT2D eigenvalue weighted by Gasteiger charge is -2.08. The molecule has 4 heteroatoms. The van der Waals surface area contributed by atoms with E-state index in [2.05, 4.69) is 0 Å². The monoisotopic (exact) mass is 298 g/mol. The van der Waals surface area contributed by atoms with Crippen LogP contribution in [0, 0.1) is 0 Å². The van der Waals surface area contributed by atoms with Gasteiger partial charge < -0.3 is 9.47 Å². The van der Waals surface area contributed by atoms with E-state index in [4.69, 9.17) is 9.47 Å². The van der Waals surface area contributed by atoms with Crippen LogP contribution in [0.15, 0.2) is 48.5 Å². The number of carbonyl (C=O) groups is 2. The Balaban J connectivity index is 1.97. The zero-order chi connectivity index (χ0) is 15.8. The molecule has 0 amide bonds. The fraction of sp³-hybridized carbons (Fsp3) is 0.222. The van der Waals surface area contributed by atoms with Crippen LogP contribution in [0.1, 0.15) is 39.6 Å². The number of hydrogen-bond donors (Lipinski definition) is 0. The second-order valence-electron chi connectivity index (χ2n) is 4.81. The van der Waals surface area contributed by atoms with Gasteiger partial charge in [0.25, 0.3) is 0 Å². The molecule has 2 aromatic carbocycles. The molecule has 114 valence electrons. The molecule has 4 nitrogen and oxygen atoms in total. The number of ether oxygens (including phenoxy) is 2. The summed E-state index contributed by atoms with van der Waals surface area (Å²) in [4.78, 5) is 22.4. The van der Waals surface area contributed by atoms with E-state index in [1.54, 1.807) is 42.5 Å². The van der Waals surface area contributed by atoms with E-state index in [1.165, 1.54) is 0 Å². The molecule has 0 saturated carbocycles. The Hall–Kier alpha value is -2.62. The summed E-state index contributed by atoms with van der Waals surface area (Å²) in [7, 11) is 0. The molecule has 0 N–H and O–H groups in total. The quantitative estimate of drug-likeness (QED) is 0.578. The van der Waals surface area contributed by atoms with Gasteiger partial charge in [-0.25, -0.2) is 4.79 Å². The van der Waals surface area contributed by atoms with Gasteiger partial charge in [0, 0.05) is 5.56 Å². The van der Waals surface area contributed by atoms with E-state index in [-0.39, 0.29) is 5.97 Å². The maximum absolute atomic E-state index is 11.8. The molecule has 0 heterocycles. The minimum atomic E-state index is -0.320. The van der Waals surface area contributed by atoms with Crippen molar-refractivity contribution < 1.29 is 19.1 Å². The molecular formula is C18H18O4. The van der Waals surface area contributed by atoms with Gasteiger partial charge in [0.1, 0.15) is 18.6 Å². The lowest BCUT2D eigenvalue weighted by Crippen LogP contribution is -2.06. The average molecular weight is 298 g/mol. The van der Waals surface area contributed by atoms with Gasteiger partial charge in [-0.2, -0.15) is 0 Å². The molecule has 0 radical (unpaired) electrons. The molecule has 0 bridgehead atoms. The molecule has 0 unspecified atom stereocenters. The average Bonchev–Trinajstić information content (AvgIpc) is 2.58. The molecule has 22 heavy (non-hydrogen) atoms. The second kappa shape index (κ2) is 7.98. The van der Waals surface area contributed by atoms with Crippen LogP contribution >= 0.6 is 0 Å². The van der Waals surface area contributed by atoms with Crippen molar-refractivity contribution in [3.8, 4) is 5.75 Å². The van der Waals surface area contributed by atoms with Gasteiger partial charge in [0.2, 0.25) is 0 Å². The number of benzene rings is 2. The fourth-order valence-electron chi connectivity index (χ4n) is 1.88. The maximum atomic E-state index is 11.8. The second-order valence-corrected chi connectivity index (χ2v) is 4.81. The summed E-state index contributed by atoms with van der Waals surface area (Å²) < 4.78 is 10.7. The van der Waals surface area contributed by atoms with E-state index in [0.29, 0.717) is 30.1 Å². The van der Waals surface area contributed by atoms with Crippen LogP contribution in [-0.4, -0.2) is 18.9 Å². The lowest BCUT2D eigenvalue weighted by molar-refractivity contribution is 0.0505. The minimum absolute atomic E-state index is 0.320. The molecule has 0 aliphatic heterocycles. The third kappa shape index (κ3) is 4.45. The highest BCUT2D eigenvalue weighted by Gasteiger charge is 2.07. The van der Waals surface area contributed by atoms with Gasteiger partial charge in [-0.3, -0.25) is 4.79 Å². The van der Waals surface area contributed by atoms with Gasteiger partial charge in [-0.05, 0) is 48.4 Å². The number of aldehydes is 1. The Labute approximate surface area is 129 Å². The molecule has 0 saturated heterocycles. The highest BCUT2D eigenvalue weighted by molar-refractivity contribution is 5.89. The summed E-state index contributed by atoms with van der Waals surface area (Å²) in [5.41, 5.74) is 2.00. The van der Waals surface area contributed by atoms with E-state index < -0.39 is 0 Å². The zero-order valence-corrected chi connectivity index (χ0v) is 12.5. The Morgan fingerprint density at radius 2 is 1.91 bits per heavy atom. The molecule has 2 rings (SSSR count). The van der Waals surface area contributed by atoms with Crippen LogP contribution in [0.25, 0.3) is 0 Å². The highest BCUT2D eigenvalue weighted by Crippen LogP contribution is 2.14. The first-order chi connectivity index (χ1) is 10.7. The fourth-order valence-corrected chi connectivity index (χ4v) is 1.88. The first-order valence-electron chi connectivity index (χ1n) is 7.17. The zero-order valence-electron chi connectivity index (χ0n) is 12.5. The van der Waals surface area contributed by atoms with Crippen LogP contribution in [-0.2, 0) is 11.3 Å². The third-order valence-electron chi connectivity index (χ3n) is 3.02. The number of hydrogen-bond acceptors (Lipinski definition) is 4. The van der Waals surface area contributed by atoms with Crippen molar-refractivity contribution in [2.24, 2.45) is 0 Å². The van der Waals surface area contributed by atoms with Crippen molar-refractivity contribution in [1.82, 2.24) is 0 Å². The molecule has 0 aliphatic carbocycles. The Morgan fingerprint density at radius 3 is 2.59 bits per heavy atom. The summed E-state index contributed by atoms with van der Waals surface area (Å²) in [5.74, 6) is 0.351. The molecule has 0 fully saturated rings. The summed E-state index contributed by atoms with van der Waals surface area (Å²) in [6, 6.07) is 14.0. The molecule has 0 spiro atoms. The third-order valence-corrected chi connectivity index (χ3v) is 3.02. The van der Waals surface area contributed by atoms with E-state index in [9.17, 15) is 9.59 Å². The predicted octanol–water partition coefficient (Wildman–Crippen LogP) is 3.64. The minimum Gasteiger partial charge on any atom is -0.489 e. The Bertz CT molecular complexity index is 632.